The van der Waals surface area contributed by atoms with Crippen LogP contribution in [0.25, 0.3) is 0 Å². The van der Waals surface area contributed by atoms with Crippen LogP contribution in [0.2, 0.25) is 0 Å². The first kappa shape index (κ1) is 18.9. The van der Waals surface area contributed by atoms with Crippen LogP contribution in [0.5, 0.6) is 0 Å². The Kier molecular flexibility index (Phi) is 5.25. The summed E-state index contributed by atoms with van der Waals surface area (Å²) in [5, 5.41) is 20.9. The van der Waals surface area contributed by atoms with Crippen molar-refractivity contribution in [1.29, 1.82) is 0 Å². The monoisotopic (exact) mass is 300 g/mol. The zero-order valence-corrected chi connectivity index (χ0v) is 15.4. The van der Waals surface area contributed by atoms with Crippen molar-refractivity contribution in [2.45, 2.75) is 80.6 Å². The molecule has 0 spiro atoms. The van der Waals surface area contributed by atoms with Crippen molar-refractivity contribution in [2.24, 2.45) is 28.1 Å². The van der Waals surface area contributed by atoms with E-state index in [0.29, 0.717) is 0 Å². The van der Waals surface area contributed by atoms with Crippen LogP contribution in [0.4, 0.5) is 0 Å². The van der Waals surface area contributed by atoms with Crippen molar-refractivity contribution in [2.75, 3.05) is 6.61 Å². The summed E-state index contributed by atoms with van der Waals surface area (Å²) in [6, 6.07) is 0. The minimum atomic E-state index is -0.517. The lowest BCUT2D eigenvalue weighted by atomic mass is 9.57. The van der Waals surface area contributed by atoms with Crippen molar-refractivity contribution in [3.63, 3.8) is 0 Å². The Labute approximate surface area is 131 Å². The predicted octanol–water partition coefficient (Wildman–Crippen LogP) is 3.48. The Morgan fingerprint density at radius 2 is 1.19 bits per heavy atom. The van der Waals surface area contributed by atoms with Gasteiger partial charge in [0, 0.05) is 0 Å². The fraction of sp³-hybridized carbons (Fsp3) is 1.00. The highest BCUT2D eigenvalue weighted by Gasteiger charge is 2.55. The number of hydrogen-bond acceptors (Lipinski definition) is 3. The van der Waals surface area contributed by atoms with Gasteiger partial charge in [-0.15, -0.1) is 0 Å². The minimum absolute atomic E-state index is 0.00775. The largest absolute Gasteiger partial charge is 0.394 e. The lowest BCUT2D eigenvalue weighted by molar-refractivity contribution is -0.249. The van der Waals surface area contributed by atoms with Gasteiger partial charge in [-0.05, 0) is 28.1 Å². The van der Waals surface area contributed by atoms with Crippen LogP contribution >= 0.6 is 0 Å². The lowest BCUT2D eigenvalue weighted by Crippen LogP contribution is -2.62. The quantitative estimate of drug-likeness (QED) is 0.779. The van der Waals surface area contributed by atoms with Gasteiger partial charge in [-0.25, -0.2) is 0 Å². The fourth-order valence-corrected chi connectivity index (χ4v) is 4.01. The van der Waals surface area contributed by atoms with Crippen molar-refractivity contribution in [3.05, 3.63) is 0 Å². The molecule has 0 amide bonds. The van der Waals surface area contributed by atoms with Gasteiger partial charge in [0.05, 0.1) is 24.9 Å². The number of ether oxygens (including phenoxy) is 1. The van der Waals surface area contributed by atoms with Gasteiger partial charge in [0.2, 0.25) is 0 Å². The maximum absolute atomic E-state index is 11.0. The van der Waals surface area contributed by atoms with Crippen LogP contribution in [0, 0.1) is 28.1 Å². The second-order valence-corrected chi connectivity index (χ2v) is 9.92. The molecule has 0 aliphatic carbocycles. The third-order valence-electron chi connectivity index (χ3n) is 4.82. The number of rotatable bonds is 1. The van der Waals surface area contributed by atoms with Crippen molar-refractivity contribution < 1.29 is 14.9 Å². The van der Waals surface area contributed by atoms with Crippen LogP contribution in [0.1, 0.15) is 62.3 Å². The second-order valence-electron chi connectivity index (χ2n) is 9.92. The molecular formula is C18H36O3. The molecule has 1 aliphatic rings. The molecule has 21 heavy (non-hydrogen) atoms. The zero-order valence-electron chi connectivity index (χ0n) is 15.4. The summed E-state index contributed by atoms with van der Waals surface area (Å²) in [5.41, 5.74) is -0.230. The second kappa shape index (κ2) is 5.82. The fourth-order valence-electron chi connectivity index (χ4n) is 4.01. The highest BCUT2D eigenvalue weighted by molar-refractivity contribution is 5.02. The number of aliphatic hydroxyl groups is 2. The number of hydrogen-bond donors (Lipinski definition) is 2. The normalized spacial score (nSPS) is 35.9. The van der Waals surface area contributed by atoms with Gasteiger partial charge in [-0.1, -0.05) is 62.3 Å². The summed E-state index contributed by atoms with van der Waals surface area (Å²) < 4.78 is 6.18. The smallest absolute Gasteiger partial charge is 0.0890 e. The van der Waals surface area contributed by atoms with Gasteiger partial charge < -0.3 is 14.9 Å². The molecule has 0 bridgehead atoms. The third kappa shape index (κ3) is 4.00. The van der Waals surface area contributed by atoms with E-state index in [9.17, 15) is 10.2 Å². The first-order chi connectivity index (χ1) is 9.21. The lowest BCUT2D eigenvalue weighted by Gasteiger charge is -2.56. The molecule has 1 saturated heterocycles. The van der Waals surface area contributed by atoms with Gasteiger partial charge in [0.25, 0.3) is 0 Å². The summed E-state index contributed by atoms with van der Waals surface area (Å²) in [6.07, 6.45) is -0.989. The molecule has 2 unspecified atom stereocenters. The van der Waals surface area contributed by atoms with E-state index in [1.165, 1.54) is 0 Å². The SMILES string of the molecule is CC(C)(C)[C@@H]1OC(CO)[C@@H](C(C)(C)C)[C@H](C(C)(C)C)C1O. The molecule has 0 aromatic rings. The molecule has 0 aromatic heterocycles. The standard InChI is InChI=1S/C18H36O3/c1-16(2,3)12-11(10-19)21-15(18(7,8)9)14(20)13(12)17(4,5)6/h11-15,19-20H,10H2,1-9H3/t11?,12-,13+,14?,15-/m1/s1. The highest BCUT2D eigenvalue weighted by atomic mass is 16.5. The van der Waals surface area contributed by atoms with E-state index in [0.717, 1.165) is 0 Å². The van der Waals surface area contributed by atoms with E-state index in [2.05, 4.69) is 62.3 Å². The molecule has 1 rings (SSSR count). The summed E-state index contributed by atoms with van der Waals surface area (Å²) in [5.74, 6) is 0.212. The summed E-state index contributed by atoms with van der Waals surface area (Å²) in [6.45, 7) is 19.3. The Hall–Kier alpha value is -0.120. The van der Waals surface area contributed by atoms with Crippen LogP contribution in [-0.2, 0) is 4.74 Å². The van der Waals surface area contributed by atoms with Crippen molar-refractivity contribution >= 4 is 0 Å². The first-order valence-electron chi connectivity index (χ1n) is 8.15. The first-order valence-corrected chi connectivity index (χ1v) is 8.15. The molecular weight excluding hydrogens is 264 g/mol. The maximum atomic E-state index is 11.0. The molecule has 2 N–H and O–H groups in total. The molecule has 0 aromatic carbocycles. The van der Waals surface area contributed by atoms with Gasteiger partial charge >= 0.3 is 0 Å². The molecule has 0 saturated carbocycles. The zero-order chi connectivity index (χ0) is 16.8. The summed E-state index contributed by atoms with van der Waals surface area (Å²) in [4.78, 5) is 0. The Morgan fingerprint density at radius 1 is 0.762 bits per heavy atom. The highest BCUT2D eigenvalue weighted by Crippen LogP contribution is 2.51. The summed E-state index contributed by atoms with van der Waals surface area (Å²) >= 11 is 0. The minimum Gasteiger partial charge on any atom is -0.394 e. The van der Waals surface area contributed by atoms with Crippen molar-refractivity contribution in [3.8, 4) is 0 Å². The van der Waals surface area contributed by atoms with E-state index in [1.807, 2.05) is 0 Å². The van der Waals surface area contributed by atoms with E-state index >= 15 is 0 Å². The van der Waals surface area contributed by atoms with Gasteiger partial charge in [0.1, 0.15) is 0 Å². The number of aliphatic hydroxyl groups excluding tert-OH is 2. The van der Waals surface area contributed by atoms with E-state index in [4.69, 9.17) is 4.74 Å². The molecule has 5 atom stereocenters. The average molecular weight is 300 g/mol. The maximum Gasteiger partial charge on any atom is 0.0890 e. The molecule has 3 nitrogen and oxygen atoms in total. The van der Waals surface area contributed by atoms with Gasteiger partial charge in [0.15, 0.2) is 0 Å². The predicted molar refractivity (Wildman–Crippen MR) is 87.1 cm³/mol. The van der Waals surface area contributed by atoms with Crippen LogP contribution < -0.4 is 0 Å². The molecule has 0 radical (unpaired) electrons. The summed E-state index contributed by atoms with van der Waals surface area (Å²) in [7, 11) is 0. The molecule has 3 heteroatoms. The Bertz CT molecular complexity index is 343. The van der Waals surface area contributed by atoms with Crippen LogP contribution in [-0.4, -0.2) is 35.1 Å². The molecule has 126 valence electrons. The van der Waals surface area contributed by atoms with Crippen molar-refractivity contribution in [1.82, 2.24) is 0 Å². The molecule has 1 heterocycles. The van der Waals surface area contributed by atoms with Gasteiger partial charge in [-0.3, -0.25) is 0 Å². The topological polar surface area (TPSA) is 49.7 Å². The Balaban J connectivity index is 3.32. The third-order valence-corrected chi connectivity index (χ3v) is 4.82. The van der Waals surface area contributed by atoms with Crippen LogP contribution in [0.3, 0.4) is 0 Å². The average Bonchev–Trinajstić information content (AvgIpc) is 2.23. The Morgan fingerprint density at radius 3 is 1.48 bits per heavy atom. The van der Waals surface area contributed by atoms with E-state index in [-0.39, 0.29) is 46.9 Å². The molecule has 1 fully saturated rings. The van der Waals surface area contributed by atoms with Crippen LogP contribution in [0.15, 0.2) is 0 Å². The molecule has 1 aliphatic heterocycles. The van der Waals surface area contributed by atoms with E-state index < -0.39 is 6.10 Å². The van der Waals surface area contributed by atoms with E-state index in [1.54, 1.807) is 0 Å². The van der Waals surface area contributed by atoms with Gasteiger partial charge in [-0.2, -0.15) is 0 Å².